The largest absolute Gasteiger partial charge is 0.475 e. The van der Waals surface area contributed by atoms with Crippen LogP contribution in [0.2, 0.25) is 5.02 Å². The van der Waals surface area contributed by atoms with E-state index in [1.165, 1.54) is 0 Å². The van der Waals surface area contributed by atoms with Crippen molar-refractivity contribution >= 4 is 27.4 Å². The zero-order valence-corrected chi connectivity index (χ0v) is 15.9. The van der Waals surface area contributed by atoms with Crippen LogP contribution >= 0.6 is 11.6 Å². The quantitative estimate of drug-likeness (QED) is 0.605. The van der Waals surface area contributed by atoms with Gasteiger partial charge in [-0.3, -0.25) is 4.72 Å². The molecule has 0 aliphatic rings. The predicted octanol–water partition coefficient (Wildman–Crippen LogP) is 3.11. The van der Waals surface area contributed by atoms with Crippen molar-refractivity contribution < 1.29 is 22.7 Å². The van der Waals surface area contributed by atoms with Crippen molar-refractivity contribution in [2.45, 2.75) is 4.90 Å². The highest BCUT2D eigenvalue weighted by atomic mass is 35.5. The Morgan fingerprint density at radius 2 is 1.75 bits per heavy atom. The number of nitrogens with one attached hydrogen (secondary N) is 1. The zero-order valence-electron chi connectivity index (χ0n) is 14.3. The first-order valence-corrected chi connectivity index (χ1v) is 9.90. The second-order valence-corrected chi connectivity index (χ2v) is 7.66. The summed E-state index contributed by atoms with van der Waals surface area (Å²) in [5, 5.41) is 9.52. The van der Waals surface area contributed by atoms with Crippen molar-refractivity contribution in [3.8, 4) is 17.0 Å². The lowest BCUT2D eigenvalue weighted by Gasteiger charge is -2.15. The van der Waals surface area contributed by atoms with Crippen LogP contribution in [0.1, 0.15) is 0 Å². The standard InChI is InChI=1S/C18H15ClFN3O4S/c19-13-3-1-12(2-4-13)16-17(21-11-22-18(16)27-10-9-24)23-28(25,26)15-7-5-14(20)6-8-15/h1-8,11,24H,9-10H2,(H,21,22,23). The highest BCUT2D eigenvalue weighted by Crippen LogP contribution is 2.35. The molecule has 2 aromatic carbocycles. The lowest BCUT2D eigenvalue weighted by atomic mass is 10.1. The Balaban J connectivity index is 2.07. The van der Waals surface area contributed by atoms with Crippen molar-refractivity contribution in [3.63, 3.8) is 0 Å². The van der Waals surface area contributed by atoms with E-state index in [4.69, 9.17) is 21.4 Å². The van der Waals surface area contributed by atoms with E-state index in [9.17, 15) is 12.8 Å². The van der Waals surface area contributed by atoms with Crippen LogP contribution in [0.25, 0.3) is 11.1 Å². The molecule has 0 radical (unpaired) electrons. The first-order valence-electron chi connectivity index (χ1n) is 8.03. The third-order valence-corrected chi connectivity index (χ3v) is 5.24. The molecule has 0 unspecified atom stereocenters. The fourth-order valence-corrected chi connectivity index (χ4v) is 3.52. The van der Waals surface area contributed by atoms with Crippen molar-refractivity contribution in [1.82, 2.24) is 9.97 Å². The first kappa shape index (κ1) is 20.0. The second-order valence-electron chi connectivity index (χ2n) is 5.54. The predicted molar refractivity (Wildman–Crippen MR) is 102 cm³/mol. The number of benzene rings is 2. The smallest absolute Gasteiger partial charge is 0.263 e. The second kappa shape index (κ2) is 8.51. The number of aromatic nitrogens is 2. The van der Waals surface area contributed by atoms with Crippen molar-refractivity contribution in [1.29, 1.82) is 0 Å². The SMILES string of the molecule is O=S(=O)(Nc1ncnc(OCCO)c1-c1ccc(Cl)cc1)c1ccc(F)cc1. The van der Waals surface area contributed by atoms with Crippen LogP contribution in [-0.2, 0) is 10.0 Å². The average molecular weight is 424 g/mol. The van der Waals surface area contributed by atoms with Crippen molar-refractivity contribution in [3.05, 3.63) is 65.7 Å². The van der Waals surface area contributed by atoms with E-state index >= 15 is 0 Å². The topological polar surface area (TPSA) is 101 Å². The molecule has 2 N–H and O–H groups in total. The zero-order chi connectivity index (χ0) is 20.1. The van der Waals surface area contributed by atoms with E-state index in [1.54, 1.807) is 24.3 Å². The minimum absolute atomic E-state index is 0.0328. The molecule has 0 aliphatic heterocycles. The summed E-state index contributed by atoms with van der Waals surface area (Å²) in [6.07, 6.45) is 1.13. The summed E-state index contributed by atoms with van der Waals surface area (Å²) in [6.45, 7) is -0.289. The molecule has 146 valence electrons. The number of ether oxygens (including phenoxy) is 1. The number of halogens is 2. The minimum atomic E-state index is -4.04. The van der Waals surface area contributed by atoms with Gasteiger partial charge in [-0.1, -0.05) is 23.7 Å². The molecule has 0 saturated heterocycles. The van der Waals surface area contributed by atoms with Gasteiger partial charge in [-0.2, -0.15) is 0 Å². The number of anilines is 1. The molecule has 0 atom stereocenters. The molecule has 0 spiro atoms. The number of sulfonamides is 1. The molecule has 0 fully saturated rings. The molecule has 0 saturated carbocycles. The number of aliphatic hydroxyl groups is 1. The van der Waals surface area contributed by atoms with Crippen LogP contribution < -0.4 is 9.46 Å². The molecule has 28 heavy (non-hydrogen) atoms. The van der Waals surface area contributed by atoms with Gasteiger partial charge in [0.15, 0.2) is 5.82 Å². The van der Waals surface area contributed by atoms with E-state index in [0.717, 1.165) is 30.6 Å². The van der Waals surface area contributed by atoms with Gasteiger partial charge in [-0.15, -0.1) is 0 Å². The highest BCUT2D eigenvalue weighted by Gasteiger charge is 2.21. The maximum atomic E-state index is 13.1. The molecule has 0 aliphatic carbocycles. The summed E-state index contributed by atoms with van der Waals surface area (Å²) in [7, 11) is -4.04. The monoisotopic (exact) mass is 423 g/mol. The molecule has 7 nitrogen and oxygen atoms in total. The Morgan fingerprint density at radius 3 is 2.39 bits per heavy atom. The molecular weight excluding hydrogens is 409 g/mol. The molecule has 3 aromatic rings. The van der Waals surface area contributed by atoms with Gasteiger partial charge >= 0.3 is 0 Å². The van der Waals surface area contributed by atoms with Crippen LogP contribution in [0.4, 0.5) is 10.2 Å². The number of nitrogens with zero attached hydrogens (tertiary/aromatic N) is 2. The summed E-state index contributed by atoms with van der Waals surface area (Å²) in [6, 6.07) is 10.9. The van der Waals surface area contributed by atoms with Gasteiger partial charge in [-0.25, -0.2) is 22.8 Å². The van der Waals surface area contributed by atoms with E-state index < -0.39 is 15.8 Å². The van der Waals surface area contributed by atoms with Crippen LogP contribution in [-0.4, -0.2) is 36.7 Å². The third kappa shape index (κ3) is 4.56. The van der Waals surface area contributed by atoms with Gasteiger partial charge in [0.05, 0.1) is 17.1 Å². The maximum absolute atomic E-state index is 13.1. The summed E-state index contributed by atoms with van der Waals surface area (Å²) in [4.78, 5) is 7.92. The van der Waals surface area contributed by atoms with Crippen LogP contribution in [0, 0.1) is 5.82 Å². The van der Waals surface area contributed by atoms with Crippen molar-refractivity contribution in [2.24, 2.45) is 0 Å². The first-order chi connectivity index (χ1) is 13.4. The van der Waals surface area contributed by atoms with E-state index in [1.807, 2.05) is 0 Å². The van der Waals surface area contributed by atoms with Crippen molar-refractivity contribution in [2.75, 3.05) is 17.9 Å². The van der Waals surface area contributed by atoms with Gasteiger partial charge in [0.2, 0.25) is 5.88 Å². The molecule has 3 rings (SSSR count). The Labute approximate surface area is 165 Å². The fourth-order valence-electron chi connectivity index (χ4n) is 2.38. The molecule has 0 bridgehead atoms. The normalized spacial score (nSPS) is 11.2. The Kier molecular flexibility index (Phi) is 6.08. The number of rotatable bonds is 7. The van der Waals surface area contributed by atoms with Crippen LogP contribution in [0.5, 0.6) is 5.88 Å². The Morgan fingerprint density at radius 1 is 1.07 bits per heavy atom. The van der Waals surface area contributed by atoms with Gasteiger partial charge in [-0.05, 0) is 42.0 Å². The molecule has 10 heteroatoms. The summed E-state index contributed by atoms with van der Waals surface area (Å²) < 4.78 is 46.3. The maximum Gasteiger partial charge on any atom is 0.263 e. The van der Waals surface area contributed by atoms with E-state index in [-0.39, 0.29) is 35.4 Å². The highest BCUT2D eigenvalue weighted by molar-refractivity contribution is 7.92. The van der Waals surface area contributed by atoms with Gasteiger partial charge in [0, 0.05) is 5.02 Å². The average Bonchev–Trinajstić information content (AvgIpc) is 2.67. The molecule has 1 heterocycles. The summed E-state index contributed by atoms with van der Waals surface area (Å²) >= 11 is 5.92. The molecular formula is C18H15ClFN3O4S. The van der Waals surface area contributed by atoms with E-state index in [0.29, 0.717) is 10.6 Å². The van der Waals surface area contributed by atoms with Crippen LogP contribution in [0.3, 0.4) is 0 Å². The van der Waals surface area contributed by atoms with Gasteiger partial charge in [0.25, 0.3) is 10.0 Å². The van der Waals surface area contributed by atoms with Gasteiger partial charge in [0.1, 0.15) is 18.8 Å². The fraction of sp³-hybridized carbons (Fsp3) is 0.111. The lowest BCUT2D eigenvalue weighted by Crippen LogP contribution is -2.16. The minimum Gasteiger partial charge on any atom is -0.475 e. The van der Waals surface area contributed by atoms with E-state index in [2.05, 4.69) is 14.7 Å². The third-order valence-electron chi connectivity index (χ3n) is 3.63. The summed E-state index contributed by atoms with van der Waals surface area (Å²) in [5.41, 5.74) is 0.827. The van der Waals surface area contributed by atoms with Gasteiger partial charge < -0.3 is 9.84 Å². The number of aliphatic hydroxyl groups excluding tert-OH is 1. The number of hydrogen-bond donors (Lipinski definition) is 2. The Hall–Kier alpha value is -2.75. The van der Waals surface area contributed by atoms with Crippen LogP contribution in [0.15, 0.2) is 59.8 Å². The number of hydrogen-bond acceptors (Lipinski definition) is 6. The lowest BCUT2D eigenvalue weighted by molar-refractivity contribution is 0.197. The summed E-state index contributed by atoms with van der Waals surface area (Å²) in [5.74, 6) is -0.500. The molecule has 1 aromatic heterocycles. The molecule has 0 amide bonds. The Bertz CT molecular complexity index is 1060.